The van der Waals surface area contributed by atoms with Crippen LogP contribution in [0.3, 0.4) is 0 Å². The van der Waals surface area contributed by atoms with Gasteiger partial charge in [-0.15, -0.1) is 12.4 Å². The highest BCUT2D eigenvalue weighted by molar-refractivity contribution is 7.89. The molecule has 7 nitrogen and oxygen atoms in total. The van der Waals surface area contributed by atoms with E-state index in [2.05, 4.69) is 5.32 Å². The molecule has 130 valence electrons. The number of nitrogens with zero attached hydrogens (tertiary/aromatic N) is 2. The summed E-state index contributed by atoms with van der Waals surface area (Å²) in [4.78, 5) is 9.41. The molecule has 1 aromatic rings. The van der Waals surface area contributed by atoms with Crippen LogP contribution < -0.4 is 5.32 Å². The molecule has 0 unspecified atom stereocenters. The summed E-state index contributed by atoms with van der Waals surface area (Å²) in [5.74, 6) is -0.768. The van der Waals surface area contributed by atoms with E-state index in [1.54, 1.807) is 0 Å². The van der Waals surface area contributed by atoms with E-state index in [1.165, 1.54) is 10.4 Å². The number of piperidine rings is 1. The molecule has 0 aliphatic carbocycles. The summed E-state index contributed by atoms with van der Waals surface area (Å²) in [7, 11) is -2.23. The molecule has 2 rings (SSSR count). The summed E-state index contributed by atoms with van der Waals surface area (Å²) in [6.45, 7) is 1.36. The average molecular weight is 368 g/mol. The van der Waals surface area contributed by atoms with Gasteiger partial charge in [-0.3, -0.25) is 10.1 Å². The first kappa shape index (κ1) is 19.8. The van der Waals surface area contributed by atoms with Crippen molar-refractivity contribution in [2.75, 3.05) is 26.7 Å². The number of sulfonamides is 1. The number of hydrogen-bond donors (Lipinski definition) is 1. The van der Waals surface area contributed by atoms with Crippen molar-refractivity contribution < 1.29 is 17.7 Å². The van der Waals surface area contributed by atoms with Crippen LogP contribution in [0, 0.1) is 21.8 Å². The fraction of sp³-hybridized carbons (Fsp3) is 0.538. The summed E-state index contributed by atoms with van der Waals surface area (Å²) >= 11 is 0. The quantitative estimate of drug-likeness (QED) is 0.632. The monoisotopic (exact) mass is 367 g/mol. The molecule has 0 atom stereocenters. The van der Waals surface area contributed by atoms with Crippen molar-refractivity contribution in [3.05, 3.63) is 34.1 Å². The summed E-state index contributed by atoms with van der Waals surface area (Å²) in [6, 6.07) is 3.13. The maximum absolute atomic E-state index is 13.6. The molecule has 0 aromatic heterocycles. The second kappa shape index (κ2) is 8.00. The van der Waals surface area contributed by atoms with Crippen molar-refractivity contribution in [2.24, 2.45) is 5.92 Å². The molecule has 1 fully saturated rings. The van der Waals surface area contributed by atoms with E-state index < -0.39 is 31.3 Å². The number of para-hydroxylation sites is 1. The standard InChI is InChI=1S/C13H18FN3O4S.ClH/c1-15-9-10-5-7-16(8-6-10)22(20,21)12-4-2-3-11(14)13(12)17(18)19;/h2-4,10,15H,5-9H2,1H3;1H. The zero-order valence-corrected chi connectivity index (χ0v) is 14.2. The summed E-state index contributed by atoms with van der Waals surface area (Å²) in [6.07, 6.45) is 1.34. The van der Waals surface area contributed by atoms with E-state index in [1.807, 2.05) is 7.05 Å². The molecule has 0 saturated carbocycles. The number of nitrogens with one attached hydrogen (secondary N) is 1. The molecule has 0 amide bonds. The minimum atomic E-state index is -4.07. The summed E-state index contributed by atoms with van der Waals surface area (Å²) in [5.41, 5.74) is -0.986. The van der Waals surface area contributed by atoms with Crippen molar-refractivity contribution in [1.82, 2.24) is 9.62 Å². The van der Waals surface area contributed by atoms with Crippen molar-refractivity contribution in [3.8, 4) is 0 Å². The lowest BCUT2D eigenvalue weighted by molar-refractivity contribution is -0.390. The molecule has 1 heterocycles. The first-order chi connectivity index (χ1) is 10.4. The van der Waals surface area contributed by atoms with Crippen LogP contribution in [0.15, 0.2) is 23.1 Å². The van der Waals surface area contributed by atoms with Crippen LogP contribution in [0.1, 0.15) is 12.8 Å². The van der Waals surface area contributed by atoms with Crippen LogP contribution in [0.25, 0.3) is 0 Å². The van der Waals surface area contributed by atoms with Crippen LogP contribution in [-0.2, 0) is 10.0 Å². The average Bonchev–Trinajstić information content (AvgIpc) is 2.47. The molecule has 1 aromatic carbocycles. The Hall–Kier alpha value is -1.29. The second-order valence-electron chi connectivity index (χ2n) is 5.25. The Balaban J connectivity index is 0.00000264. The lowest BCUT2D eigenvalue weighted by Gasteiger charge is -2.30. The predicted molar refractivity (Wildman–Crippen MR) is 85.7 cm³/mol. The topological polar surface area (TPSA) is 92.6 Å². The molecule has 23 heavy (non-hydrogen) atoms. The van der Waals surface area contributed by atoms with E-state index in [-0.39, 0.29) is 25.5 Å². The largest absolute Gasteiger partial charge is 0.324 e. The van der Waals surface area contributed by atoms with Gasteiger partial charge in [0, 0.05) is 13.1 Å². The van der Waals surface area contributed by atoms with Gasteiger partial charge in [0.15, 0.2) is 4.90 Å². The maximum Gasteiger partial charge on any atom is 0.324 e. The van der Waals surface area contributed by atoms with Gasteiger partial charge in [0.05, 0.1) is 4.92 Å². The maximum atomic E-state index is 13.6. The summed E-state index contributed by atoms with van der Waals surface area (Å²) < 4.78 is 40.0. The normalized spacial score (nSPS) is 16.8. The van der Waals surface area contributed by atoms with E-state index in [0.717, 1.165) is 18.7 Å². The van der Waals surface area contributed by atoms with Crippen LogP contribution in [-0.4, -0.2) is 44.3 Å². The minimum Gasteiger partial charge on any atom is -0.319 e. The number of rotatable bonds is 5. The lowest BCUT2D eigenvalue weighted by Crippen LogP contribution is -2.40. The fourth-order valence-electron chi connectivity index (χ4n) is 2.66. The van der Waals surface area contributed by atoms with Gasteiger partial charge in [0.1, 0.15) is 0 Å². The number of nitro benzene ring substituents is 1. The molecule has 1 saturated heterocycles. The highest BCUT2D eigenvalue weighted by Gasteiger charge is 2.35. The first-order valence-corrected chi connectivity index (χ1v) is 8.39. The molecule has 0 bridgehead atoms. The number of benzene rings is 1. The van der Waals surface area contributed by atoms with E-state index in [9.17, 15) is 22.9 Å². The molecule has 1 N–H and O–H groups in total. The van der Waals surface area contributed by atoms with Crippen LogP contribution in [0.2, 0.25) is 0 Å². The zero-order valence-electron chi connectivity index (χ0n) is 12.6. The molecule has 0 spiro atoms. The highest BCUT2D eigenvalue weighted by atomic mass is 35.5. The van der Waals surface area contributed by atoms with Gasteiger partial charge < -0.3 is 5.32 Å². The zero-order chi connectivity index (χ0) is 16.3. The third-order valence-electron chi connectivity index (χ3n) is 3.82. The smallest absolute Gasteiger partial charge is 0.319 e. The van der Waals surface area contributed by atoms with Crippen LogP contribution >= 0.6 is 12.4 Å². The van der Waals surface area contributed by atoms with Crippen molar-refractivity contribution in [2.45, 2.75) is 17.7 Å². The Morgan fingerprint density at radius 3 is 2.52 bits per heavy atom. The number of nitro groups is 1. The van der Waals surface area contributed by atoms with Gasteiger partial charge in [-0.1, -0.05) is 6.07 Å². The van der Waals surface area contributed by atoms with Crippen molar-refractivity contribution >= 4 is 28.1 Å². The first-order valence-electron chi connectivity index (χ1n) is 6.95. The molecule has 10 heteroatoms. The van der Waals surface area contributed by atoms with Crippen molar-refractivity contribution in [3.63, 3.8) is 0 Å². The van der Waals surface area contributed by atoms with Gasteiger partial charge in [0.25, 0.3) is 0 Å². The molecule has 1 aliphatic rings. The Labute approximate surface area is 140 Å². The molecule has 1 aliphatic heterocycles. The Morgan fingerprint density at radius 2 is 2.00 bits per heavy atom. The minimum absolute atomic E-state index is 0. The van der Waals surface area contributed by atoms with Crippen LogP contribution in [0.4, 0.5) is 10.1 Å². The fourth-order valence-corrected chi connectivity index (χ4v) is 4.30. The Bertz CT molecular complexity index is 663. The van der Waals surface area contributed by atoms with E-state index in [0.29, 0.717) is 18.8 Å². The molecular weight excluding hydrogens is 349 g/mol. The second-order valence-corrected chi connectivity index (χ2v) is 7.16. The summed E-state index contributed by atoms with van der Waals surface area (Å²) in [5, 5.41) is 14.0. The van der Waals surface area contributed by atoms with E-state index >= 15 is 0 Å². The van der Waals surface area contributed by atoms with E-state index in [4.69, 9.17) is 0 Å². The molecular formula is C13H19ClFN3O4S. The highest BCUT2D eigenvalue weighted by Crippen LogP contribution is 2.31. The third kappa shape index (κ3) is 4.17. The predicted octanol–water partition coefficient (Wildman–Crippen LogP) is 1.78. The van der Waals surface area contributed by atoms with Gasteiger partial charge in [-0.25, -0.2) is 8.42 Å². The third-order valence-corrected chi connectivity index (χ3v) is 5.75. The Morgan fingerprint density at radius 1 is 1.39 bits per heavy atom. The number of halogens is 2. The van der Waals surface area contributed by atoms with Gasteiger partial charge in [-0.2, -0.15) is 8.70 Å². The van der Waals surface area contributed by atoms with Gasteiger partial charge >= 0.3 is 5.69 Å². The Kier molecular flexibility index (Phi) is 6.87. The van der Waals surface area contributed by atoms with Gasteiger partial charge in [0.2, 0.25) is 15.8 Å². The SMILES string of the molecule is CNCC1CCN(S(=O)(=O)c2cccc(F)c2[N+](=O)[O-])CC1.Cl. The molecule has 0 radical (unpaired) electrons. The van der Waals surface area contributed by atoms with Gasteiger partial charge in [-0.05, 0) is 44.5 Å². The van der Waals surface area contributed by atoms with Crippen molar-refractivity contribution in [1.29, 1.82) is 0 Å². The lowest BCUT2D eigenvalue weighted by atomic mass is 9.98. The number of hydrogen-bond acceptors (Lipinski definition) is 5. The van der Waals surface area contributed by atoms with Crippen LogP contribution in [0.5, 0.6) is 0 Å².